The summed E-state index contributed by atoms with van der Waals surface area (Å²) in [7, 11) is 1.66. The molecule has 0 aliphatic heterocycles. The van der Waals surface area contributed by atoms with Gasteiger partial charge in [0.15, 0.2) is 0 Å². The molecule has 1 aromatic carbocycles. The van der Waals surface area contributed by atoms with Crippen molar-refractivity contribution in [2.45, 2.75) is 13.0 Å². The van der Waals surface area contributed by atoms with Crippen molar-refractivity contribution in [2.24, 2.45) is 0 Å². The van der Waals surface area contributed by atoms with Crippen LogP contribution >= 0.6 is 0 Å². The molecule has 0 aliphatic carbocycles. The lowest BCUT2D eigenvalue weighted by atomic mass is 10.2. The molecule has 1 unspecified atom stereocenters. The van der Waals surface area contributed by atoms with E-state index in [1.165, 1.54) is 12.1 Å². The largest absolute Gasteiger partial charge is 0.383 e. The molecule has 13 heavy (non-hydrogen) atoms. The lowest BCUT2D eigenvalue weighted by Crippen LogP contribution is -2.20. The minimum absolute atomic E-state index is 0.218. The summed E-state index contributed by atoms with van der Waals surface area (Å²) in [6.45, 7) is 2.64. The first-order valence-electron chi connectivity index (χ1n) is 4.23. The van der Waals surface area contributed by atoms with Crippen molar-refractivity contribution in [1.29, 1.82) is 0 Å². The summed E-state index contributed by atoms with van der Waals surface area (Å²) in [6.07, 6.45) is 0. The number of halogens is 1. The number of nitrogens with one attached hydrogen (secondary N) is 1. The van der Waals surface area contributed by atoms with Crippen molar-refractivity contribution in [1.82, 2.24) is 0 Å². The maximum Gasteiger partial charge on any atom is 0.123 e. The molecular formula is C10H14FNO. The Hall–Kier alpha value is -1.09. The van der Waals surface area contributed by atoms with E-state index in [1.807, 2.05) is 6.92 Å². The van der Waals surface area contributed by atoms with Gasteiger partial charge in [-0.25, -0.2) is 4.39 Å². The molecule has 1 atom stereocenters. The molecule has 1 rings (SSSR count). The zero-order valence-corrected chi connectivity index (χ0v) is 7.88. The molecule has 1 N–H and O–H groups in total. The van der Waals surface area contributed by atoms with Crippen molar-refractivity contribution in [3.05, 3.63) is 30.1 Å². The molecular weight excluding hydrogens is 169 g/mol. The summed E-state index contributed by atoms with van der Waals surface area (Å²) in [5.74, 6) is -0.218. The summed E-state index contributed by atoms with van der Waals surface area (Å²) in [4.78, 5) is 0. The van der Waals surface area contributed by atoms with E-state index in [2.05, 4.69) is 5.32 Å². The van der Waals surface area contributed by atoms with Gasteiger partial charge in [-0.15, -0.1) is 0 Å². The Morgan fingerprint density at radius 1 is 1.38 bits per heavy atom. The van der Waals surface area contributed by atoms with Gasteiger partial charge in [-0.2, -0.15) is 0 Å². The number of rotatable bonds is 4. The molecule has 0 amide bonds. The fourth-order valence-corrected chi connectivity index (χ4v) is 1.12. The van der Waals surface area contributed by atoms with Crippen molar-refractivity contribution in [2.75, 3.05) is 19.0 Å². The molecule has 72 valence electrons. The number of anilines is 1. The van der Waals surface area contributed by atoms with E-state index >= 15 is 0 Å². The highest BCUT2D eigenvalue weighted by atomic mass is 19.1. The Morgan fingerprint density at radius 3 is 2.54 bits per heavy atom. The monoisotopic (exact) mass is 183 g/mol. The number of hydrogen-bond donors (Lipinski definition) is 1. The molecule has 0 spiro atoms. The number of ether oxygens (including phenoxy) is 1. The molecule has 0 fully saturated rings. The topological polar surface area (TPSA) is 21.3 Å². The van der Waals surface area contributed by atoms with Crippen molar-refractivity contribution in [3.8, 4) is 0 Å². The van der Waals surface area contributed by atoms with Gasteiger partial charge < -0.3 is 10.1 Å². The van der Waals surface area contributed by atoms with E-state index in [1.54, 1.807) is 19.2 Å². The Balaban J connectivity index is 2.49. The summed E-state index contributed by atoms with van der Waals surface area (Å²) in [5.41, 5.74) is 0.908. The minimum Gasteiger partial charge on any atom is -0.383 e. The standard InChI is InChI=1S/C10H14FNO/c1-8(7-13-2)12-10-5-3-9(11)4-6-10/h3-6,8,12H,7H2,1-2H3. The van der Waals surface area contributed by atoms with Gasteiger partial charge in [-0.05, 0) is 31.2 Å². The number of benzene rings is 1. The van der Waals surface area contributed by atoms with Gasteiger partial charge in [0.05, 0.1) is 6.61 Å². The smallest absolute Gasteiger partial charge is 0.123 e. The Bertz CT molecular complexity index is 248. The van der Waals surface area contributed by atoms with Gasteiger partial charge in [0.2, 0.25) is 0 Å². The molecule has 2 nitrogen and oxygen atoms in total. The molecule has 0 heterocycles. The van der Waals surface area contributed by atoms with Crippen LogP contribution in [0.5, 0.6) is 0 Å². The van der Waals surface area contributed by atoms with Crippen LogP contribution in [0, 0.1) is 5.82 Å². The third-order valence-corrected chi connectivity index (χ3v) is 1.67. The predicted octanol–water partition coefficient (Wildman–Crippen LogP) is 2.27. The van der Waals surface area contributed by atoms with Gasteiger partial charge in [-0.1, -0.05) is 0 Å². The zero-order valence-electron chi connectivity index (χ0n) is 7.88. The fraction of sp³-hybridized carbons (Fsp3) is 0.400. The molecule has 0 aromatic heterocycles. The third-order valence-electron chi connectivity index (χ3n) is 1.67. The summed E-state index contributed by atoms with van der Waals surface area (Å²) in [5, 5.41) is 3.18. The van der Waals surface area contributed by atoms with Crippen LogP contribution < -0.4 is 5.32 Å². The lowest BCUT2D eigenvalue weighted by molar-refractivity contribution is 0.190. The first-order valence-corrected chi connectivity index (χ1v) is 4.23. The summed E-state index contributed by atoms with van der Waals surface area (Å²) < 4.78 is 17.5. The Morgan fingerprint density at radius 2 is 2.00 bits per heavy atom. The van der Waals surface area contributed by atoms with Crippen LogP contribution in [-0.4, -0.2) is 19.8 Å². The lowest BCUT2D eigenvalue weighted by Gasteiger charge is -2.13. The quantitative estimate of drug-likeness (QED) is 0.773. The fourth-order valence-electron chi connectivity index (χ4n) is 1.12. The second-order valence-electron chi connectivity index (χ2n) is 3.01. The van der Waals surface area contributed by atoms with E-state index in [-0.39, 0.29) is 11.9 Å². The van der Waals surface area contributed by atoms with E-state index in [0.717, 1.165) is 5.69 Å². The van der Waals surface area contributed by atoms with E-state index in [9.17, 15) is 4.39 Å². The van der Waals surface area contributed by atoms with Crippen LogP contribution in [0.3, 0.4) is 0 Å². The van der Waals surface area contributed by atoms with Crippen LogP contribution in [0.1, 0.15) is 6.92 Å². The molecule has 0 radical (unpaired) electrons. The molecule has 0 saturated heterocycles. The van der Waals surface area contributed by atoms with E-state index < -0.39 is 0 Å². The first kappa shape index (κ1) is 9.99. The first-order chi connectivity index (χ1) is 6.22. The van der Waals surface area contributed by atoms with Gasteiger partial charge in [0.1, 0.15) is 5.82 Å². The molecule has 0 saturated carbocycles. The Labute approximate surface area is 77.7 Å². The second kappa shape index (κ2) is 4.82. The maximum atomic E-state index is 12.5. The second-order valence-corrected chi connectivity index (χ2v) is 3.01. The van der Waals surface area contributed by atoms with Crippen LogP contribution in [0.15, 0.2) is 24.3 Å². The highest BCUT2D eigenvalue weighted by molar-refractivity contribution is 5.43. The van der Waals surface area contributed by atoms with Crippen molar-refractivity contribution < 1.29 is 9.13 Å². The number of methoxy groups -OCH3 is 1. The molecule has 0 bridgehead atoms. The summed E-state index contributed by atoms with van der Waals surface area (Å²) in [6, 6.07) is 6.52. The molecule has 0 aliphatic rings. The van der Waals surface area contributed by atoms with Crippen LogP contribution in [0.4, 0.5) is 10.1 Å². The SMILES string of the molecule is COCC(C)Nc1ccc(F)cc1. The van der Waals surface area contributed by atoms with Crippen LogP contribution in [0.25, 0.3) is 0 Å². The van der Waals surface area contributed by atoms with E-state index in [4.69, 9.17) is 4.74 Å². The van der Waals surface area contributed by atoms with E-state index in [0.29, 0.717) is 6.61 Å². The van der Waals surface area contributed by atoms with Crippen molar-refractivity contribution in [3.63, 3.8) is 0 Å². The van der Waals surface area contributed by atoms with Gasteiger partial charge >= 0.3 is 0 Å². The highest BCUT2D eigenvalue weighted by Gasteiger charge is 2.00. The van der Waals surface area contributed by atoms with Crippen LogP contribution in [0.2, 0.25) is 0 Å². The van der Waals surface area contributed by atoms with Crippen LogP contribution in [-0.2, 0) is 4.74 Å². The average molecular weight is 183 g/mol. The molecule has 3 heteroatoms. The van der Waals surface area contributed by atoms with Gasteiger partial charge in [-0.3, -0.25) is 0 Å². The van der Waals surface area contributed by atoms with Gasteiger partial charge in [0, 0.05) is 18.8 Å². The minimum atomic E-state index is -0.218. The van der Waals surface area contributed by atoms with Crippen molar-refractivity contribution >= 4 is 5.69 Å². The summed E-state index contributed by atoms with van der Waals surface area (Å²) >= 11 is 0. The normalized spacial score (nSPS) is 12.5. The van der Waals surface area contributed by atoms with Gasteiger partial charge in [0.25, 0.3) is 0 Å². The Kier molecular flexibility index (Phi) is 3.71. The third kappa shape index (κ3) is 3.42. The number of hydrogen-bond acceptors (Lipinski definition) is 2. The highest BCUT2D eigenvalue weighted by Crippen LogP contribution is 2.09. The average Bonchev–Trinajstić information content (AvgIpc) is 2.09. The zero-order chi connectivity index (χ0) is 9.68. The predicted molar refractivity (Wildman–Crippen MR) is 51.4 cm³/mol. The maximum absolute atomic E-state index is 12.5. The molecule has 1 aromatic rings.